The minimum Gasteiger partial charge on any atom is -0.478 e. The number of aliphatic hydroxyl groups excluding tert-OH is 1. The molecular formula is C15H13ClO5S. The molecule has 1 unspecified atom stereocenters. The van der Waals surface area contributed by atoms with Crippen LogP contribution in [0.1, 0.15) is 22.0 Å². The molecule has 0 aromatic heterocycles. The zero-order valence-electron chi connectivity index (χ0n) is 11.3. The Morgan fingerprint density at radius 2 is 1.77 bits per heavy atom. The van der Waals surface area contributed by atoms with Crippen LogP contribution in [0.2, 0.25) is 5.02 Å². The summed E-state index contributed by atoms with van der Waals surface area (Å²) in [6, 6.07) is 11.8. The van der Waals surface area contributed by atoms with Crippen LogP contribution in [0.4, 0.5) is 0 Å². The number of aliphatic hydroxyl groups is 1. The molecule has 0 aliphatic heterocycles. The molecule has 1 atom stereocenters. The van der Waals surface area contributed by atoms with Gasteiger partial charge >= 0.3 is 5.97 Å². The third kappa shape index (κ3) is 3.65. The molecule has 0 heterocycles. The van der Waals surface area contributed by atoms with Crippen LogP contribution in [-0.2, 0) is 9.84 Å². The minimum absolute atomic E-state index is 0.104. The molecule has 2 N–H and O–H groups in total. The van der Waals surface area contributed by atoms with E-state index in [1.54, 1.807) is 30.3 Å². The number of carboxylic acid groups (broad SMARTS) is 1. The van der Waals surface area contributed by atoms with Crippen LogP contribution in [0.5, 0.6) is 0 Å². The lowest BCUT2D eigenvalue weighted by Crippen LogP contribution is -2.15. The Morgan fingerprint density at radius 3 is 2.32 bits per heavy atom. The molecule has 2 aromatic carbocycles. The van der Waals surface area contributed by atoms with Gasteiger partial charge in [0.1, 0.15) is 0 Å². The quantitative estimate of drug-likeness (QED) is 0.872. The van der Waals surface area contributed by atoms with Gasteiger partial charge in [-0.05, 0) is 23.8 Å². The predicted octanol–water partition coefficient (Wildman–Crippen LogP) is 2.55. The number of sulfone groups is 1. The van der Waals surface area contributed by atoms with Crippen molar-refractivity contribution >= 4 is 27.4 Å². The van der Waals surface area contributed by atoms with Gasteiger partial charge in [0.05, 0.1) is 27.3 Å². The number of hydrogen-bond acceptors (Lipinski definition) is 4. The van der Waals surface area contributed by atoms with Gasteiger partial charge in [0.2, 0.25) is 0 Å². The molecule has 0 aliphatic carbocycles. The summed E-state index contributed by atoms with van der Waals surface area (Å²) >= 11 is 5.86. The van der Waals surface area contributed by atoms with Crippen LogP contribution in [0.3, 0.4) is 0 Å². The Bertz CT molecular complexity index is 787. The smallest absolute Gasteiger partial charge is 0.335 e. The number of halogens is 1. The van der Waals surface area contributed by atoms with Gasteiger partial charge in [0.15, 0.2) is 9.84 Å². The first-order valence-electron chi connectivity index (χ1n) is 6.30. The van der Waals surface area contributed by atoms with E-state index >= 15 is 0 Å². The van der Waals surface area contributed by atoms with E-state index in [0.717, 1.165) is 18.2 Å². The molecule has 0 saturated carbocycles. The average Bonchev–Trinajstić information content (AvgIpc) is 2.47. The Balaban J connectivity index is 2.29. The highest BCUT2D eigenvalue weighted by Crippen LogP contribution is 2.26. The Kier molecular flexibility index (Phi) is 4.85. The van der Waals surface area contributed by atoms with Crippen molar-refractivity contribution in [2.75, 3.05) is 5.75 Å². The summed E-state index contributed by atoms with van der Waals surface area (Å²) in [6.45, 7) is 0. The van der Waals surface area contributed by atoms with E-state index in [0.29, 0.717) is 5.56 Å². The van der Waals surface area contributed by atoms with E-state index in [1.807, 2.05) is 0 Å². The van der Waals surface area contributed by atoms with Gasteiger partial charge in [0, 0.05) is 0 Å². The molecule has 0 aliphatic rings. The molecule has 0 radical (unpaired) electrons. The van der Waals surface area contributed by atoms with Crippen LogP contribution in [0.25, 0.3) is 0 Å². The van der Waals surface area contributed by atoms with Gasteiger partial charge < -0.3 is 10.2 Å². The number of benzene rings is 2. The maximum atomic E-state index is 12.3. The first-order chi connectivity index (χ1) is 10.3. The second-order valence-corrected chi connectivity index (χ2v) is 7.07. The van der Waals surface area contributed by atoms with Crippen molar-refractivity contribution in [2.24, 2.45) is 0 Å². The number of carbonyl (C=O) groups is 1. The maximum Gasteiger partial charge on any atom is 0.335 e. The van der Waals surface area contributed by atoms with E-state index in [1.165, 1.54) is 0 Å². The van der Waals surface area contributed by atoms with Crippen LogP contribution in [0, 0.1) is 0 Å². The summed E-state index contributed by atoms with van der Waals surface area (Å²) in [6.07, 6.45) is -1.19. The fraction of sp³-hybridized carbons (Fsp3) is 0.133. The van der Waals surface area contributed by atoms with Gasteiger partial charge in [-0.1, -0.05) is 41.9 Å². The van der Waals surface area contributed by atoms with Crippen molar-refractivity contribution in [3.05, 3.63) is 64.7 Å². The van der Waals surface area contributed by atoms with Crippen LogP contribution in [0.15, 0.2) is 53.4 Å². The van der Waals surface area contributed by atoms with Gasteiger partial charge in [-0.15, -0.1) is 0 Å². The second kappa shape index (κ2) is 6.48. The standard InChI is InChI=1S/C15H13ClO5S/c16-12-8-11(15(18)19)6-7-14(12)22(20,21)9-13(17)10-4-2-1-3-5-10/h1-8,13,17H,9H2,(H,18,19). The first-order valence-corrected chi connectivity index (χ1v) is 8.33. The van der Waals surface area contributed by atoms with Crippen molar-refractivity contribution in [1.82, 2.24) is 0 Å². The van der Waals surface area contributed by atoms with Crippen LogP contribution < -0.4 is 0 Å². The molecule has 0 fully saturated rings. The summed E-state index contributed by atoms with van der Waals surface area (Å²) in [5.41, 5.74) is 0.372. The van der Waals surface area contributed by atoms with E-state index in [2.05, 4.69) is 0 Å². The number of rotatable bonds is 5. The highest BCUT2D eigenvalue weighted by molar-refractivity contribution is 7.91. The molecule has 2 aromatic rings. The van der Waals surface area contributed by atoms with E-state index in [4.69, 9.17) is 16.7 Å². The lowest BCUT2D eigenvalue weighted by Gasteiger charge is -2.12. The normalized spacial score (nSPS) is 12.8. The van der Waals surface area contributed by atoms with Crippen molar-refractivity contribution in [2.45, 2.75) is 11.0 Å². The fourth-order valence-electron chi connectivity index (χ4n) is 1.96. The molecule has 0 spiro atoms. The summed E-state index contributed by atoms with van der Waals surface area (Å²) in [4.78, 5) is 10.6. The SMILES string of the molecule is O=C(O)c1ccc(S(=O)(=O)CC(O)c2ccccc2)c(Cl)c1. The van der Waals surface area contributed by atoms with Gasteiger partial charge in [0.25, 0.3) is 0 Å². The lowest BCUT2D eigenvalue weighted by molar-refractivity contribution is 0.0696. The molecule has 5 nitrogen and oxygen atoms in total. The lowest BCUT2D eigenvalue weighted by atomic mass is 10.1. The molecule has 0 amide bonds. The summed E-state index contributed by atoms with van der Waals surface area (Å²) in [7, 11) is -3.86. The fourth-order valence-corrected chi connectivity index (χ4v) is 3.91. The van der Waals surface area contributed by atoms with Crippen LogP contribution >= 0.6 is 11.6 Å². The molecule has 116 valence electrons. The van der Waals surface area contributed by atoms with Gasteiger partial charge in [-0.2, -0.15) is 0 Å². The third-order valence-electron chi connectivity index (χ3n) is 3.08. The monoisotopic (exact) mass is 340 g/mol. The Labute approximate surface area is 132 Å². The molecule has 2 rings (SSSR count). The predicted molar refractivity (Wildman–Crippen MR) is 81.9 cm³/mol. The van der Waals surface area contributed by atoms with Crippen molar-refractivity contribution in [1.29, 1.82) is 0 Å². The highest BCUT2D eigenvalue weighted by atomic mass is 35.5. The van der Waals surface area contributed by atoms with Crippen molar-refractivity contribution < 1.29 is 23.4 Å². The first kappa shape index (κ1) is 16.5. The number of aromatic carboxylic acids is 1. The maximum absolute atomic E-state index is 12.3. The Morgan fingerprint density at radius 1 is 1.14 bits per heavy atom. The zero-order chi connectivity index (χ0) is 16.3. The number of hydrogen-bond donors (Lipinski definition) is 2. The molecule has 0 bridgehead atoms. The van der Waals surface area contributed by atoms with E-state index < -0.39 is 27.7 Å². The molecular weight excluding hydrogens is 328 g/mol. The topological polar surface area (TPSA) is 91.7 Å². The number of carboxylic acids is 1. The zero-order valence-corrected chi connectivity index (χ0v) is 12.9. The average molecular weight is 341 g/mol. The van der Waals surface area contributed by atoms with E-state index in [9.17, 15) is 18.3 Å². The van der Waals surface area contributed by atoms with Crippen LogP contribution in [-0.4, -0.2) is 30.4 Å². The summed E-state index contributed by atoms with van der Waals surface area (Å²) in [5.74, 6) is -1.74. The molecule has 22 heavy (non-hydrogen) atoms. The van der Waals surface area contributed by atoms with Crippen molar-refractivity contribution in [3.63, 3.8) is 0 Å². The van der Waals surface area contributed by atoms with E-state index in [-0.39, 0.29) is 15.5 Å². The Hall–Kier alpha value is -1.89. The largest absolute Gasteiger partial charge is 0.478 e. The minimum atomic E-state index is -3.86. The highest BCUT2D eigenvalue weighted by Gasteiger charge is 2.24. The summed E-state index contributed by atoms with van der Waals surface area (Å²) < 4.78 is 24.7. The molecule has 0 saturated heterocycles. The van der Waals surface area contributed by atoms with Crippen molar-refractivity contribution in [3.8, 4) is 0 Å². The third-order valence-corrected chi connectivity index (χ3v) is 5.28. The second-order valence-electron chi connectivity index (χ2n) is 4.66. The van der Waals surface area contributed by atoms with Gasteiger partial charge in [-0.25, -0.2) is 13.2 Å². The summed E-state index contributed by atoms with van der Waals surface area (Å²) in [5, 5.41) is 18.7. The molecule has 7 heteroatoms. The van der Waals surface area contributed by atoms with Gasteiger partial charge in [-0.3, -0.25) is 0 Å².